The lowest BCUT2D eigenvalue weighted by molar-refractivity contribution is 0.0697. The highest BCUT2D eigenvalue weighted by Gasteiger charge is 2.21. The molecule has 0 aromatic carbocycles. The average molecular weight is 270 g/mol. The van der Waals surface area contributed by atoms with Gasteiger partial charge in [-0.3, -0.25) is 4.68 Å². The van der Waals surface area contributed by atoms with Gasteiger partial charge in [-0.25, -0.2) is 4.79 Å². The number of carbonyl (C=O) groups is 1. The summed E-state index contributed by atoms with van der Waals surface area (Å²) in [6.07, 6.45) is 3.20. The average Bonchev–Trinajstić information content (AvgIpc) is 2.91. The second-order valence-corrected chi connectivity index (χ2v) is 4.18. The summed E-state index contributed by atoms with van der Waals surface area (Å²) >= 11 is 5.66. The summed E-state index contributed by atoms with van der Waals surface area (Å²) in [6.45, 7) is 2.68. The molecule has 7 heteroatoms. The van der Waals surface area contributed by atoms with Crippen LogP contribution >= 0.6 is 11.6 Å². The predicted molar refractivity (Wildman–Crippen MR) is 64.6 cm³/mol. The molecule has 0 radical (unpaired) electrons. The Labute approximate surface area is 108 Å². The zero-order valence-electron chi connectivity index (χ0n) is 9.76. The molecule has 0 amide bonds. The molecule has 0 aliphatic rings. The van der Waals surface area contributed by atoms with Crippen molar-refractivity contribution in [2.24, 2.45) is 0 Å². The lowest BCUT2D eigenvalue weighted by Crippen LogP contribution is -2.05. The van der Waals surface area contributed by atoms with Crippen molar-refractivity contribution in [1.82, 2.24) is 14.9 Å². The Morgan fingerprint density at radius 2 is 2.39 bits per heavy atom. The molecule has 0 saturated heterocycles. The number of unbranched alkanes of at least 4 members (excludes halogenated alkanes) is 1. The molecule has 96 valence electrons. The molecule has 0 saturated carbocycles. The normalized spacial score (nSPS) is 10.8. The van der Waals surface area contributed by atoms with Crippen LogP contribution in [0.4, 0.5) is 0 Å². The van der Waals surface area contributed by atoms with E-state index < -0.39 is 5.97 Å². The first kappa shape index (κ1) is 12.6. The smallest absolute Gasteiger partial charge is 0.339 e. The Bertz CT molecular complexity index is 562. The second-order valence-electron chi connectivity index (χ2n) is 3.80. The van der Waals surface area contributed by atoms with E-state index in [1.165, 1.54) is 12.3 Å². The van der Waals surface area contributed by atoms with E-state index in [9.17, 15) is 4.79 Å². The van der Waals surface area contributed by atoms with Gasteiger partial charge in [-0.15, -0.1) is 0 Å². The van der Waals surface area contributed by atoms with Crippen LogP contribution in [0.2, 0.25) is 5.22 Å². The van der Waals surface area contributed by atoms with Crippen molar-refractivity contribution in [3.63, 3.8) is 0 Å². The molecular weight excluding hydrogens is 258 g/mol. The summed E-state index contributed by atoms with van der Waals surface area (Å²) < 4.78 is 6.38. The van der Waals surface area contributed by atoms with Gasteiger partial charge in [0.25, 0.3) is 0 Å². The molecule has 0 aliphatic heterocycles. The van der Waals surface area contributed by atoms with Gasteiger partial charge in [0, 0.05) is 12.6 Å². The van der Waals surface area contributed by atoms with Gasteiger partial charge in [0.15, 0.2) is 0 Å². The Kier molecular flexibility index (Phi) is 3.66. The summed E-state index contributed by atoms with van der Waals surface area (Å²) in [5.41, 5.74) is 0.897. The zero-order chi connectivity index (χ0) is 13.1. The summed E-state index contributed by atoms with van der Waals surface area (Å²) in [6, 6.07) is 1.48. The third kappa shape index (κ3) is 2.38. The molecule has 2 aromatic heterocycles. The lowest BCUT2D eigenvalue weighted by atomic mass is 10.2. The number of hydrogen-bond donors (Lipinski definition) is 1. The number of hydrogen-bond acceptors (Lipinski definition) is 4. The van der Waals surface area contributed by atoms with Crippen molar-refractivity contribution >= 4 is 17.6 Å². The van der Waals surface area contributed by atoms with E-state index in [1.54, 1.807) is 4.68 Å². The van der Waals surface area contributed by atoms with Crippen molar-refractivity contribution in [1.29, 1.82) is 0 Å². The van der Waals surface area contributed by atoms with Gasteiger partial charge < -0.3 is 9.63 Å². The molecule has 18 heavy (non-hydrogen) atoms. The van der Waals surface area contributed by atoms with Gasteiger partial charge >= 0.3 is 5.97 Å². The highest BCUT2D eigenvalue weighted by atomic mass is 35.5. The SMILES string of the molecule is CCCCn1ncc(C(=O)O)c1-c1cc(Cl)on1. The quantitative estimate of drug-likeness (QED) is 0.902. The fraction of sp³-hybridized carbons (Fsp3) is 0.364. The van der Waals surface area contributed by atoms with Crippen LogP contribution in [-0.2, 0) is 6.54 Å². The molecule has 0 aliphatic carbocycles. The molecule has 2 heterocycles. The van der Waals surface area contributed by atoms with E-state index >= 15 is 0 Å². The van der Waals surface area contributed by atoms with Crippen LogP contribution in [0.1, 0.15) is 30.1 Å². The summed E-state index contributed by atoms with van der Waals surface area (Å²) in [7, 11) is 0. The van der Waals surface area contributed by atoms with E-state index in [0.717, 1.165) is 12.8 Å². The van der Waals surface area contributed by atoms with Crippen LogP contribution in [-0.4, -0.2) is 26.0 Å². The van der Waals surface area contributed by atoms with E-state index in [0.29, 0.717) is 17.9 Å². The largest absolute Gasteiger partial charge is 0.478 e. The molecule has 0 spiro atoms. The molecule has 0 fully saturated rings. The minimum absolute atomic E-state index is 0.0936. The fourth-order valence-corrected chi connectivity index (χ4v) is 1.79. The molecule has 2 aromatic rings. The third-order valence-electron chi connectivity index (χ3n) is 2.52. The number of aryl methyl sites for hydroxylation is 1. The standard InChI is InChI=1S/C11H12ClN3O3/c1-2-3-4-15-10(7(6-13-15)11(16)17)8-5-9(12)18-14-8/h5-6H,2-4H2,1H3,(H,16,17). The van der Waals surface area contributed by atoms with Crippen LogP contribution in [0.3, 0.4) is 0 Å². The van der Waals surface area contributed by atoms with Crippen LogP contribution in [0.25, 0.3) is 11.4 Å². The van der Waals surface area contributed by atoms with Crippen LogP contribution in [0.5, 0.6) is 0 Å². The van der Waals surface area contributed by atoms with Gasteiger partial charge in [0.2, 0.25) is 5.22 Å². The summed E-state index contributed by atoms with van der Waals surface area (Å²) in [5, 5.41) is 17.1. The van der Waals surface area contributed by atoms with E-state index in [1.807, 2.05) is 6.92 Å². The van der Waals surface area contributed by atoms with Crippen molar-refractivity contribution in [3.8, 4) is 11.4 Å². The molecule has 0 unspecified atom stereocenters. The zero-order valence-corrected chi connectivity index (χ0v) is 10.5. The minimum atomic E-state index is -1.05. The summed E-state index contributed by atoms with van der Waals surface area (Å²) in [4.78, 5) is 11.1. The minimum Gasteiger partial charge on any atom is -0.478 e. The first-order valence-corrected chi connectivity index (χ1v) is 5.93. The van der Waals surface area contributed by atoms with Crippen LogP contribution in [0.15, 0.2) is 16.8 Å². The highest BCUT2D eigenvalue weighted by molar-refractivity contribution is 6.29. The van der Waals surface area contributed by atoms with Crippen molar-refractivity contribution < 1.29 is 14.4 Å². The maximum absolute atomic E-state index is 11.1. The van der Waals surface area contributed by atoms with Crippen molar-refractivity contribution in [2.45, 2.75) is 26.3 Å². The molecule has 6 nitrogen and oxygen atoms in total. The Morgan fingerprint density at radius 1 is 1.61 bits per heavy atom. The van der Waals surface area contributed by atoms with Crippen molar-refractivity contribution in [3.05, 3.63) is 23.0 Å². The number of halogens is 1. The first-order valence-electron chi connectivity index (χ1n) is 5.55. The van der Waals surface area contributed by atoms with Crippen LogP contribution in [0, 0.1) is 0 Å². The molecular formula is C11H12ClN3O3. The highest BCUT2D eigenvalue weighted by Crippen LogP contribution is 2.25. The number of aromatic nitrogens is 3. The van der Waals surface area contributed by atoms with Crippen molar-refractivity contribution in [2.75, 3.05) is 0 Å². The molecule has 0 atom stereocenters. The topological polar surface area (TPSA) is 81.2 Å². The maximum Gasteiger partial charge on any atom is 0.339 e. The lowest BCUT2D eigenvalue weighted by Gasteiger charge is -2.04. The van der Waals surface area contributed by atoms with Gasteiger partial charge in [-0.1, -0.05) is 18.5 Å². The van der Waals surface area contributed by atoms with Gasteiger partial charge in [-0.05, 0) is 18.0 Å². The fourth-order valence-electron chi connectivity index (χ4n) is 1.65. The maximum atomic E-state index is 11.1. The second kappa shape index (κ2) is 5.22. The van der Waals surface area contributed by atoms with E-state index in [2.05, 4.69) is 10.3 Å². The number of carboxylic acid groups (broad SMARTS) is 1. The number of rotatable bonds is 5. The number of carboxylic acids is 1. The first-order chi connectivity index (χ1) is 8.63. The molecule has 1 N–H and O–H groups in total. The van der Waals surface area contributed by atoms with Gasteiger partial charge in [-0.2, -0.15) is 5.10 Å². The van der Waals surface area contributed by atoms with Gasteiger partial charge in [0.05, 0.1) is 6.20 Å². The summed E-state index contributed by atoms with van der Waals surface area (Å²) in [5.74, 6) is -1.05. The predicted octanol–water partition coefficient (Wildman–Crippen LogP) is 2.69. The molecule has 2 rings (SSSR count). The Morgan fingerprint density at radius 3 is 2.94 bits per heavy atom. The Balaban J connectivity index is 2.46. The Hall–Kier alpha value is -1.82. The van der Waals surface area contributed by atoms with E-state index in [4.69, 9.17) is 21.2 Å². The number of aromatic carboxylic acids is 1. The molecule has 0 bridgehead atoms. The van der Waals surface area contributed by atoms with Crippen LogP contribution < -0.4 is 0 Å². The van der Waals surface area contributed by atoms with Gasteiger partial charge in [0.1, 0.15) is 17.0 Å². The monoisotopic (exact) mass is 269 g/mol. The van der Waals surface area contributed by atoms with E-state index in [-0.39, 0.29) is 10.8 Å². The third-order valence-corrected chi connectivity index (χ3v) is 2.70. The number of nitrogens with zero attached hydrogens (tertiary/aromatic N) is 3.